The summed E-state index contributed by atoms with van der Waals surface area (Å²) >= 11 is 0. The minimum absolute atomic E-state index is 0.465. The average Bonchev–Trinajstić information content (AvgIpc) is 2.59. The molecule has 1 aliphatic rings. The van der Waals surface area contributed by atoms with E-state index < -0.39 is 17.7 Å². The number of aliphatic hydroxyl groups is 1. The van der Waals surface area contributed by atoms with E-state index in [4.69, 9.17) is 0 Å². The molecule has 2 rings (SSSR count). The predicted octanol–water partition coefficient (Wildman–Crippen LogP) is 1.80. The molecule has 0 spiro atoms. The van der Waals surface area contributed by atoms with Crippen LogP contribution in [0.1, 0.15) is 25.1 Å². The fourth-order valence-electron chi connectivity index (χ4n) is 1.48. The van der Waals surface area contributed by atoms with Gasteiger partial charge in [-0.1, -0.05) is 6.92 Å². The molecule has 12 heavy (non-hydrogen) atoms. The minimum atomic E-state index is -0.851. The van der Waals surface area contributed by atoms with E-state index in [0.717, 1.165) is 0 Å². The second kappa shape index (κ2) is 2.33. The molecule has 0 saturated heterocycles. The van der Waals surface area contributed by atoms with Gasteiger partial charge in [0.15, 0.2) is 0 Å². The zero-order chi connectivity index (χ0) is 8.77. The van der Waals surface area contributed by atoms with Crippen LogP contribution < -0.4 is 0 Å². The lowest BCUT2D eigenvalue weighted by Gasteiger charge is -2.15. The first kappa shape index (κ1) is 7.80. The molecular formula is C9H12FNO. The molecular weight excluding hydrogens is 157 g/mol. The molecule has 0 bridgehead atoms. The summed E-state index contributed by atoms with van der Waals surface area (Å²) in [5, 5.41) is 9.71. The van der Waals surface area contributed by atoms with E-state index in [2.05, 4.69) is 4.98 Å². The molecule has 3 unspecified atom stereocenters. The summed E-state index contributed by atoms with van der Waals surface area (Å²) in [7, 11) is 0. The van der Waals surface area contributed by atoms with E-state index in [1.807, 2.05) is 0 Å². The molecule has 66 valence electrons. The van der Waals surface area contributed by atoms with Crippen LogP contribution in [0.25, 0.3) is 0 Å². The van der Waals surface area contributed by atoms with Crippen molar-refractivity contribution < 1.29 is 9.50 Å². The summed E-state index contributed by atoms with van der Waals surface area (Å²) < 4.78 is 12.8. The van der Waals surface area contributed by atoms with Crippen LogP contribution in [-0.2, 0) is 0 Å². The Kier molecular flexibility index (Phi) is 1.51. The molecule has 0 amide bonds. The van der Waals surface area contributed by atoms with Gasteiger partial charge in [0, 0.05) is 17.3 Å². The highest BCUT2D eigenvalue weighted by atomic mass is 19.1. The standard InChI is InChI=1S/C9H12FNO/c1-9(5-7(9)10)8(12)6-3-2-4-11-6/h2-4,7-8,11-12H,5H2,1H3. The van der Waals surface area contributed by atoms with Crippen LogP contribution in [0.2, 0.25) is 0 Å². The maximum Gasteiger partial charge on any atom is 0.109 e. The van der Waals surface area contributed by atoms with Gasteiger partial charge in [-0.05, 0) is 18.6 Å². The Morgan fingerprint density at radius 1 is 1.83 bits per heavy atom. The molecule has 0 aromatic carbocycles. The molecule has 1 fully saturated rings. The van der Waals surface area contributed by atoms with E-state index in [1.165, 1.54) is 0 Å². The van der Waals surface area contributed by atoms with Gasteiger partial charge < -0.3 is 10.1 Å². The molecule has 1 aliphatic carbocycles. The van der Waals surface area contributed by atoms with Gasteiger partial charge in [0.1, 0.15) is 12.3 Å². The summed E-state index contributed by atoms with van der Waals surface area (Å²) in [4.78, 5) is 2.89. The molecule has 1 aromatic rings. The molecule has 1 aromatic heterocycles. The largest absolute Gasteiger partial charge is 0.386 e. The van der Waals surface area contributed by atoms with Gasteiger partial charge in [0.2, 0.25) is 0 Å². The van der Waals surface area contributed by atoms with Crippen LogP contribution in [0.5, 0.6) is 0 Å². The van der Waals surface area contributed by atoms with Gasteiger partial charge in [-0.25, -0.2) is 4.39 Å². The Balaban J connectivity index is 2.17. The van der Waals surface area contributed by atoms with Crippen molar-refractivity contribution in [1.29, 1.82) is 0 Å². The highest BCUT2D eigenvalue weighted by Gasteiger charge is 2.56. The van der Waals surface area contributed by atoms with E-state index in [0.29, 0.717) is 12.1 Å². The van der Waals surface area contributed by atoms with Gasteiger partial charge in [-0.2, -0.15) is 0 Å². The number of hydrogen-bond donors (Lipinski definition) is 2. The van der Waals surface area contributed by atoms with Gasteiger partial charge in [0.05, 0.1) is 0 Å². The number of nitrogens with one attached hydrogen (secondary N) is 1. The average molecular weight is 169 g/mol. The highest BCUT2D eigenvalue weighted by molar-refractivity contribution is 5.17. The Morgan fingerprint density at radius 3 is 2.92 bits per heavy atom. The van der Waals surface area contributed by atoms with Crippen LogP contribution in [-0.4, -0.2) is 16.3 Å². The van der Waals surface area contributed by atoms with Crippen molar-refractivity contribution in [1.82, 2.24) is 4.98 Å². The van der Waals surface area contributed by atoms with Gasteiger partial charge in [-0.3, -0.25) is 0 Å². The second-order valence-corrected chi connectivity index (χ2v) is 3.71. The maximum absolute atomic E-state index is 12.8. The number of halogens is 1. The molecule has 0 aliphatic heterocycles. The van der Waals surface area contributed by atoms with Crippen LogP contribution in [0.4, 0.5) is 4.39 Å². The topological polar surface area (TPSA) is 36.0 Å². The van der Waals surface area contributed by atoms with Crippen LogP contribution in [0.15, 0.2) is 18.3 Å². The first-order valence-corrected chi connectivity index (χ1v) is 4.10. The Bertz CT molecular complexity index is 272. The predicted molar refractivity (Wildman–Crippen MR) is 43.4 cm³/mol. The lowest BCUT2D eigenvalue weighted by atomic mass is 9.99. The van der Waals surface area contributed by atoms with Gasteiger partial charge in [-0.15, -0.1) is 0 Å². The van der Waals surface area contributed by atoms with Gasteiger partial charge in [0.25, 0.3) is 0 Å². The van der Waals surface area contributed by atoms with Crippen molar-refractivity contribution in [3.05, 3.63) is 24.0 Å². The zero-order valence-electron chi connectivity index (χ0n) is 6.92. The Hall–Kier alpha value is -0.830. The van der Waals surface area contributed by atoms with Crippen molar-refractivity contribution in [2.75, 3.05) is 0 Å². The third-order valence-corrected chi connectivity index (χ3v) is 2.72. The number of rotatable bonds is 2. The number of aliphatic hydroxyl groups excluding tert-OH is 1. The monoisotopic (exact) mass is 169 g/mol. The first-order chi connectivity index (χ1) is 5.64. The van der Waals surface area contributed by atoms with Crippen LogP contribution in [0.3, 0.4) is 0 Å². The number of aromatic amines is 1. The quantitative estimate of drug-likeness (QED) is 0.695. The third kappa shape index (κ3) is 0.966. The van der Waals surface area contributed by atoms with Crippen LogP contribution in [0, 0.1) is 5.41 Å². The van der Waals surface area contributed by atoms with Crippen LogP contribution >= 0.6 is 0 Å². The zero-order valence-corrected chi connectivity index (χ0v) is 6.92. The summed E-state index contributed by atoms with van der Waals surface area (Å²) in [6, 6.07) is 3.58. The van der Waals surface area contributed by atoms with Crippen molar-refractivity contribution >= 4 is 0 Å². The minimum Gasteiger partial charge on any atom is -0.386 e. The van der Waals surface area contributed by atoms with E-state index in [1.54, 1.807) is 25.3 Å². The lowest BCUT2D eigenvalue weighted by molar-refractivity contribution is 0.0840. The molecule has 1 heterocycles. The summed E-state index contributed by atoms with van der Waals surface area (Å²) in [6.45, 7) is 1.77. The summed E-state index contributed by atoms with van der Waals surface area (Å²) in [6.07, 6.45) is 0.656. The SMILES string of the molecule is CC1(C(O)c2ccc[nH]2)CC1F. The number of H-pyrrole nitrogens is 1. The maximum atomic E-state index is 12.8. The number of hydrogen-bond acceptors (Lipinski definition) is 1. The normalized spacial score (nSPS) is 36.4. The van der Waals surface area contributed by atoms with Crippen molar-refractivity contribution in [3.8, 4) is 0 Å². The van der Waals surface area contributed by atoms with Gasteiger partial charge >= 0.3 is 0 Å². The van der Waals surface area contributed by atoms with E-state index in [-0.39, 0.29) is 0 Å². The summed E-state index contributed by atoms with van der Waals surface area (Å²) in [5.74, 6) is 0. The fraction of sp³-hybridized carbons (Fsp3) is 0.556. The van der Waals surface area contributed by atoms with E-state index >= 15 is 0 Å². The second-order valence-electron chi connectivity index (χ2n) is 3.71. The Morgan fingerprint density at radius 2 is 2.50 bits per heavy atom. The molecule has 0 radical (unpaired) electrons. The molecule has 3 atom stereocenters. The number of aromatic nitrogens is 1. The molecule has 3 heteroatoms. The third-order valence-electron chi connectivity index (χ3n) is 2.72. The molecule has 2 nitrogen and oxygen atoms in total. The Labute approximate surface area is 70.4 Å². The molecule has 1 saturated carbocycles. The van der Waals surface area contributed by atoms with Crippen molar-refractivity contribution in [2.24, 2.45) is 5.41 Å². The highest BCUT2D eigenvalue weighted by Crippen LogP contribution is 2.56. The number of alkyl halides is 1. The lowest BCUT2D eigenvalue weighted by Crippen LogP contribution is -2.13. The van der Waals surface area contributed by atoms with E-state index in [9.17, 15) is 9.50 Å². The smallest absolute Gasteiger partial charge is 0.109 e. The summed E-state index contributed by atoms with van der Waals surface area (Å²) in [5.41, 5.74) is 0.155. The first-order valence-electron chi connectivity index (χ1n) is 4.10. The van der Waals surface area contributed by atoms with Crippen molar-refractivity contribution in [3.63, 3.8) is 0 Å². The molecule has 2 N–H and O–H groups in total. The van der Waals surface area contributed by atoms with Crippen molar-refractivity contribution in [2.45, 2.75) is 25.6 Å². The fourth-order valence-corrected chi connectivity index (χ4v) is 1.48.